The van der Waals surface area contributed by atoms with Crippen molar-refractivity contribution in [2.75, 3.05) is 12.4 Å². The molecule has 1 aromatic carbocycles. The van der Waals surface area contributed by atoms with Gasteiger partial charge in [0.2, 0.25) is 0 Å². The van der Waals surface area contributed by atoms with Gasteiger partial charge >= 0.3 is 5.97 Å². The lowest BCUT2D eigenvalue weighted by Gasteiger charge is -2.05. The number of para-hydroxylation sites is 1. The Kier molecular flexibility index (Phi) is 4.96. The van der Waals surface area contributed by atoms with Gasteiger partial charge in [0.05, 0.1) is 35.9 Å². The number of carbonyl (C=O) groups is 2. The second-order valence-electron chi connectivity index (χ2n) is 6.18. The van der Waals surface area contributed by atoms with Crippen LogP contribution in [0.25, 0.3) is 16.9 Å². The van der Waals surface area contributed by atoms with Crippen LogP contribution in [0.1, 0.15) is 26.5 Å². The van der Waals surface area contributed by atoms with E-state index in [0.717, 1.165) is 16.9 Å². The molecule has 4 aromatic rings. The topological polar surface area (TPSA) is 102 Å². The number of nitrogens with one attached hydrogen (secondary N) is 2. The van der Waals surface area contributed by atoms with E-state index in [0.29, 0.717) is 22.1 Å². The molecule has 1 amide bonds. The Bertz CT molecular complexity index is 1180. The zero-order valence-corrected chi connectivity index (χ0v) is 16.5. The summed E-state index contributed by atoms with van der Waals surface area (Å²) in [6.45, 7) is 1.84. The molecular formula is C20H17N5O3S. The number of benzene rings is 1. The van der Waals surface area contributed by atoms with Crippen LogP contribution in [0, 0.1) is 6.92 Å². The van der Waals surface area contributed by atoms with Gasteiger partial charge in [-0.3, -0.25) is 10.1 Å². The van der Waals surface area contributed by atoms with Crippen molar-refractivity contribution in [3.05, 3.63) is 71.1 Å². The monoisotopic (exact) mass is 407 g/mol. The molecule has 0 aliphatic carbocycles. The highest BCUT2D eigenvalue weighted by atomic mass is 32.1. The summed E-state index contributed by atoms with van der Waals surface area (Å²) < 4.78 is 6.40. The SMILES string of the molecule is COC(=O)c1cc(-c2csc(NC(=O)c3cnn(-c4ccccc4)c3C)n2)c[nH]1. The van der Waals surface area contributed by atoms with Crippen LogP contribution in [0.15, 0.2) is 54.2 Å². The average molecular weight is 407 g/mol. The van der Waals surface area contributed by atoms with Crippen LogP contribution in [0.4, 0.5) is 5.13 Å². The zero-order valence-electron chi connectivity index (χ0n) is 15.7. The maximum absolute atomic E-state index is 12.7. The molecule has 146 valence electrons. The average Bonchev–Trinajstić information content (AvgIpc) is 3.47. The third-order valence-electron chi connectivity index (χ3n) is 4.36. The second kappa shape index (κ2) is 7.72. The van der Waals surface area contributed by atoms with Gasteiger partial charge in [-0.05, 0) is 25.1 Å². The standard InChI is InChI=1S/C20H17N5O3S/c1-12-15(10-22-25(12)14-6-4-3-5-7-14)18(26)24-20-23-17(11-29-20)13-8-16(21-9-13)19(27)28-2/h3-11,21H,1-2H3,(H,23,24,26). The van der Waals surface area contributed by atoms with Crippen molar-refractivity contribution in [3.63, 3.8) is 0 Å². The number of ether oxygens (including phenoxy) is 1. The Hall–Kier alpha value is -3.72. The summed E-state index contributed by atoms with van der Waals surface area (Å²) in [6, 6.07) is 11.3. The smallest absolute Gasteiger partial charge is 0.354 e. The number of aromatic amines is 1. The van der Waals surface area contributed by atoms with E-state index < -0.39 is 5.97 Å². The van der Waals surface area contributed by atoms with Crippen molar-refractivity contribution >= 4 is 28.3 Å². The maximum atomic E-state index is 12.7. The van der Waals surface area contributed by atoms with Crippen LogP contribution in [-0.4, -0.2) is 38.7 Å². The van der Waals surface area contributed by atoms with Crippen molar-refractivity contribution < 1.29 is 14.3 Å². The van der Waals surface area contributed by atoms with E-state index in [4.69, 9.17) is 0 Å². The van der Waals surface area contributed by atoms with Crippen LogP contribution < -0.4 is 5.32 Å². The Morgan fingerprint density at radius 1 is 1.24 bits per heavy atom. The number of amides is 1. The molecule has 0 unspecified atom stereocenters. The molecular weight excluding hydrogens is 390 g/mol. The summed E-state index contributed by atoms with van der Waals surface area (Å²) in [5, 5.41) is 9.39. The van der Waals surface area contributed by atoms with Crippen molar-refractivity contribution in [2.24, 2.45) is 0 Å². The van der Waals surface area contributed by atoms with Crippen molar-refractivity contribution in [2.45, 2.75) is 6.92 Å². The molecule has 0 bridgehead atoms. The third kappa shape index (κ3) is 3.67. The van der Waals surface area contributed by atoms with Gasteiger partial charge in [0, 0.05) is 17.1 Å². The molecule has 0 spiro atoms. The molecule has 0 saturated heterocycles. The quantitative estimate of drug-likeness (QED) is 0.492. The number of hydrogen-bond acceptors (Lipinski definition) is 6. The number of anilines is 1. The molecule has 0 aliphatic rings. The normalized spacial score (nSPS) is 10.7. The van der Waals surface area contributed by atoms with Gasteiger partial charge in [0.15, 0.2) is 5.13 Å². The van der Waals surface area contributed by atoms with Gasteiger partial charge in [-0.15, -0.1) is 11.3 Å². The van der Waals surface area contributed by atoms with E-state index in [9.17, 15) is 9.59 Å². The molecule has 0 radical (unpaired) electrons. The fourth-order valence-electron chi connectivity index (χ4n) is 2.86. The zero-order chi connectivity index (χ0) is 20.4. The Labute approximate surface area is 170 Å². The Morgan fingerprint density at radius 3 is 2.79 bits per heavy atom. The second-order valence-corrected chi connectivity index (χ2v) is 7.03. The van der Waals surface area contributed by atoms with Crippen LogP contribution in [0.5, 0.6) is 0 Å². The highest BCUT2D eigenvalue weighted by molar-refractivity contribution is 7.14. The van der Waals surface area contributed by atoms with E-state index in [2.05, 4.69) is 25.1 Å². The number of H-pyrrole nitrogens is 1. The first-order valence-corrected chi connectivity index (χ1v) is 9.59. The first-order chi connectivity index (χ1) is 14.1. The van der Waals surface area contributed by atoms with Crippen molar-refractivity contribution in [3.8, 4) is 16.9 Å². The van der Waals surface area contributed by atoms with Gasteiger partial charge in [-0.1, -0.05) is 18.2 Å². The van der Waals surface area contributed by atoms with Crippen molar-refractivity contribution in [1.29, 1.82) is 0 Å². The Balaban J connectivity index is 1.51. The van der Waals surface area contributed by atoms with E-state index in [1.165, 1.54) is 18.4 Å². The third-order valence-corrected chi connectivity index (χ3v) is 5.12. The molecule has 8 nitrogen and oxygen atoms in total. The maximum Gasteiger partial charge on any atom is 0.354 e. The fraction of sp³-hybridized carbons (Fsp3) is 0.100. The van der Waals surface area contributed by atoms with Gasteiger partial charge < -0.3 is 9.72 Å². The lowest BCUT2D eigenvalue weighted by molar-refractivity contribution is 0.0594. The summed E-state index contributed by atoms with van der Waals surface area (Å²) in [6.07, 6.45) is 3.21. The van der Waals surface area contributed by atoms with Crippen LogP contribution in [0.3, 0.4) is 0 Å². The number of carbonyl (C=O) groups excluding carboxylic acids is 2. The molecule has 29 heavy (non-hydrogen) atoms. The first-order valence-electron chi connectivity index (χ1n) is 8.71. The van der Waals surface area contributed by atoms with Crippen LogP contribution in [-0.2, 0) is 4.74 Å². The summed E-state index contributed by atoms with van der Waals surface area (Å²) >= 11 is 1.30. The lowest BCUT2D eigenvalue weighted by atomic mass is 10.2. The molecule has 9 heteroatoms. The van der Waals surface area contributed by atoms with E-state index in [-0.39, 0.29) is 5.91 Å². The van der Waals surface area contributed by atoms with Gasteiger partial charge in [-0.2, -0.15) is 5.10 Å². The van der Waals surface area contributed by atoms with Crippen LogP contribution >= 0.6 is 11.3 Å². The van der Waals surface area contributed by atoms with Crippen LogP contribution in [0.2, 0.25) is 0 Å². The van der Waals surface area contributed by atoms with E-state index >= 15 is 0 Å². The number of methoxy groups -OCH3 is 1. The highest BCUT2D eigenvalue weighted by Gasteiger charge is 2.17. The lowest BCUT2D eigenvalue weighted by Crippen LogP contribution is -2.13. The number of rotatable bonds is 5. The minimum absolute atomic E-state index is 0.283. The summed E-state index contributed by atoms with van der Waals surface area (Å²) in [5.41, 5.74) is 3.81. The van der Waals surface area contributed by atoms with Gasteiger partial charge in [0.25, 0.3) is 5.91 Å². The van der Waals surface area contributed by atoms with E-state index in [1.807, 2.05) is 37.3 Å². The molecule has 0 fully saturated rings. The number of hydrogen-bond donors (Lipinski definition) is 2. The van der Waals surface area contributed by atoms with Crippen molar-refractivity contribution in [1.82, 2.24) is 19.7 Å². The van der Waals surface area contributed by atoms with E-state index in [1.54, 1.807) is 28.5 Å². The summed E-state index contributed by atoms with van der Waals surface area (Å²) in [5.74, 6) is -0.735. The molecule has 0 aliphatic heterocycles. The molecule has 4 rings (SSSR count). The highest BCUT2D eigenvalue weighted by Crippen LogP contribution is 2.26. The first kappa shape index (κ1) is 18.6. The number of nitrogens with zero attached hydrogens (tertiary/aromatic N) is 3. The minimum atomic E-state index is -0.453. The minimum Gasteiger partial charge on any atom is -0.464 e. The summed E-state index contributed by atoms with van der Waals surface area (Å²) in [7, 11) is 1.32. The Morgan fingerprint density at radius 2 is 2.03 bits per heavy atom. The predicted octanol–water partition coefficient (Wildman–Crippen LogP) is 3.67. The largest absolute Gasteiger partial charge is 0.464 e. The molecule has 0 atom stereocenters. The molecule has 3 heterocycles. The predicted molar refractivity (Wildman–Crippen MR) is 109 cm³/mol. The molecule has 2 N–H and O–H groups in total. The molecule has 3 aromatic heterocycles. The number of esters is 1. The number of thiazole rings is 1. The van der Waals surface area contributed by atoms with Gasteiger partial charge in [0.1, 0.15) is 5.69 Å². The number of aromatic nitrogens is 4. The summed E-state index contributed by atoms with van der Waals surface area (Å²) in [4.78, 5) is 31.5. The van der Waals surface area contributed by atoms with Gasteiger partial charge in [-0.25, -0.2) is 14.5 Å². The molecule has 0 saturated carbocycles. The fourth-order valence-corrected chi connectivity index (χ4v) is 3.57.